The van der Waals surface area contributed by atoms with Crippen LogP contribution >= 0.6 is 35.0 Å². The van der Waals surface area contributed by atoms with Crippen LogP contribution in [0, 0.1) is 6.92 Å². The van der Waals surface area contributed by atoms with E-state index < -0.39 is 0 Å². The zero-order valence-corrected chi connectivity index (χ0v) is 22.1. The first kappa shape index (κ1) is 25.9. The van der Waals surface area contributed by atoms with E-state index >= 15 is 0 Å². The van der Waals surface area contributed by atoms with Crippen LogP contribution in [-0.4, -0.2) is 18.2 Å². The van der Waals surface area contributed by atoms with Crippen LogP contribution in [0.1, 0.15) is 22.3 Å². The van der Waals surface area contributed by atoms with Gasteiger partial charge in [-0.15, -0.1) is 6.58 Å². The molecule has 4 rings (SSSR count). The molecule has 0 unspecified atom stereocenters. The summed E-state index contributed by atoms with van der Waals surface area (Å²) in [6.07, 6.45) is 4.19. The summed E-state index contributed by atoms with van der Waals surface area (Å²) in [7, 11) is 1.59. The van der Waals surface area contributed by atoms with Crippen LogP contribution in [0.3, 0.4) is 0 Å². The molecule has 1 fully saturated rings. The van der Waals surface area contributed by atoms with Gasteiger partial charge in [0.25, 0.3) is 5.91 Å². The lowest BCUT2D eigenvalue weighted by atomic mass is 10.0. The Bertz CT molecular complexity index is 1370. The summed E-state index contributed by atoms with van der Waals surface area (Å²) in [5, 5.41) is 4.62. The molecule has 1 heterocycles. The number of ether oxygens (including phenoxy) is 2. The van der Waals surface area contributed by atoms with Crippen molar-refractivity contribution in [1.82, 2.24) is 5.32 Å². The van der Waals surface area contributed by atoms with Crippen LogP contribution in [0.2, 0.25) is 10.0 Å². The Labute approximate surface area is 224 Å². The number of allylic oxidation sites excluding steroid dienone is 1. The van der Waals surface area contributed by atoms with Crippen molar-refractivity contribution in [3.05, 3.63) is 104 Å². The van der Waals surface area contributed by atoms with Crippen LogP contribution in [-0.2, 0) is 17.8 Å². The van der Waals surface area contributed by atoms with E-state index in [-0.39, 0.29) is 5.91 Å². The highest BCUT2D eigenvalue weighted by atomic mass is 35.5. The molecule has 0 aromatic heterocycles. The zero-order chi connectivity index (χ0) is 25.7. The first-order valence-corrected chi connectivity index (χ1v) is 12.7. The second-order valence-electron chi connectivity index (χ2n) is 7.99. The molecule has 0 bridgehead atoms. The average Bonchev–Trinajstić information content (AvgIpc) is 3.20. The minimum atomic E-state index is -0.217. The molecule has 5 nitrogen and oxygen atoms in total. The zero-order valence-electron chi connectivity index (χ0n) is 19.8. The number of carbonyl (C=O) groups excluding carboxylic acids is 1. The van der Waals surface area contributed by atoms with Crippen molar-refractivity contribution in [2.45, 2.75) is 20.0 Å². The number of thioether (sulfide) groups is 1. The van der Waals surface area contributed by atoms with Crippen molar-refractivity contribution >= 4 is 57.8 Å². The van der Waals surface area contributed by atoms with E-state index in [4.69, 9.17) is 32.7 Å². The van der Waals surface area contributed by atoms with E-state index in [1.165, 1.54) is 11.8 Å². The van der Waals surface area contributed by atoms with E-state index in [1.54, 1.807) is 13.2 Å². The van der Waals surface area contributed by atoms with Crippen LogP contribution in [0.25, 0.3) is 6.08 Å². The maximum Gasteiger partial charge on any atom is 0.264 e. The number of methoxy groups -OCH3 is 1. The highest BCUT2D eigenvalue weighted by Gasteiger charge is 2.24. The molecule has 1 aliphatic heterocycles. The summed E-state index contributed by atoms with van der Waals surface area (Å²) < 4.78 is 11.8. The number of benzene rings is 3. The minimum Gasteiger partial charge on any atom is -0.493 e. The highest BCUT2D eigenvalue weighted by molar-refractivity contribution is 8.18. The molecule has 184 valence electrons. The fourth-order valence-electron chi connectivity index (χ4n) is 3.58. The number of hydrogen-bond donors (Lipinski definition) is 1. The number of aliphatic imine (C=N–C) groups is 1. The Hall–Kier alpha value is -3.19. The molecule has 3 aromatic rings. The number of halogens is 2. The number of rotatable bonds is 8. The third-order valence-electron chi connectivity index (χ3n) is 5.44. The molecule has 0 radical (unpaired) electrons. The molecule has 1 aliphatic rings. The van der Waals surface area contributed by atoms with Crippen molar-refractivity contribution < 1.29 is 14.3 Å². The molecule has 1 saturated heterocycles. The van der Waals surface area contributed by atoms with Crippen molar-refractivity contribution in [3.63, 3.8) is 0 Å². The molecular weight excluding hydrogens is 515 g/mol. The van der Waals surface area contributed by atoms with Gasteiger partial charge in [-0.25, -0.2) is 4.99 Å². The lowest BCUT2D eigenvalue weighted by Crippen LogP contribution is -2.19. The second-order valence-corrected chi connectivity index (χ2v) is 9.86. The summed E-state index contributed by atoms with van der Waals surface area (Å²) in [5.41, 5.74) is 4.26. The predicted octanol–water partition coefficient (Wildman–Crippen LogP) is 7.51. The Morgan fingerprint density at radius 2 is 1.92 bits per heavy atom. The molecule has 0 aliphatic carbocycles. The SMILES string of the molecule is C=CCc1cc(/C=C2/SC(=Nc3cccc(Cl)c3C)NC2=O)cc(OC)c1OCc1ccc(Cl)cc1. The maximum atomic E-state index is 12.7. The van der Waals surface area contributed by atoms with Crippen LogP contribution < -0.4 is 14.8 Å². The maximum absolute atomic E-state index is 12.7. The first-order valence-electron chi connectivity index (χ1n) is 11.1. The summed E-state index contributed by atoms with van der Waals surface area (Å²) in [6, 6.07) is 16.8. The molecule has 36 heavy (non-hydrogen) atoms. The van der Waals surface area contributed by atoms with Crippen molar-refractivity contribution in [1.29, 1.82) is 0 Å². The van der Waals surface area contributed by atoms with Gasteiger partial charge in [0.1, 0.15) is 6.61 Å². The Balaban J connectivity index is 1.60. The van der Waals surface area contributed by atoms with Crippen molar-refractivity contribution in [3.8, 4) is 11.5 Å². The van der Waals surface area contributed by atoms with Gasteiger partial charge in [0.2, 0.25) is 0 Å². The monoisotopic (exact) mass is 538 g/mol. The van der Waals surface area contributed by atoms with Gasteiger partial charge in [0.15, 0.2) is 16.7 Å². The second kappa shape index (κ2) is 11.7. The summed E-state index contributed by atoms with van der Waals surface area (Å²) in [6.45, 7) is 6.12. The molecule has 0 atom stereocenters. The third-order valence-corrected chi connectivity index (χ3v) is 7.02. The fraction of sp³-hybridized carbons (Fsp3) is 0.143. The number of nitrogens with one attached hydrogen (secondary N) is 1. The summed E-state index contributed by atoms with van der Waals surface area (Å²) in [4.78, 5) is 17.8. The molecule has 3 aromatic carbocycles. The number of carbonyl (C=O) groups is 1. The Kier molecular flexibility index (Phi) is 8.41. The smallest absolute Gasteiger partial charge is 0.264 e. The van der Waals surface area contributed by atoms with E-state index in [9.17, 15) is 4.79 Å². The van der Waals surface area contributed by atoms with Gasteiger partial charge in [0.05, 0.1) is 17.7 Å². The molecule has 0 saturated carbocycles. The van der Waals surface area contributed by atoms with E-state index in [1.807, 2.05) is 67.6 Å². The van der Waals surface area contributed by atoms with E-state index in [0.717, 1.165) is 22.3 Å². The lowest BCUT2D eigenvalue weighted by Gasteiger charge is -2.16. The molecular formula is C28H24Cl2N2O3S. The number of amidine groups is 1. The Morgan fingerprint density at radius 1 is 1.14 bits per heavy atom. The third kappa shape index (κ3) is 6.13. The van der Waals surface area contributed by atoms with Gasteiger partial charge >= 0.3 is 0 Å². The van der Waals surface area contributed by atoms with Gasteiger partial charge < -0.3 is 14.8 Å². The fourth-order valence-corrected chi connectivity index (χ4v) is 4.71. The van der Waals surface area contributed by atoms with E-state index in [2.05, 4.69) is 16.9 Å². The van der Waals surface area contributed by atoms with Gasteiger partial charge in [-0.1, -0.05) is 47.5 Å². The molecule has 1 amide bonds. The molecule has 1 N–H and O–H groups in total. The number of nitrogens with zero attached hydrogens (tertiary/aromatic N) is 1. The lowest BCUT2D eigenvalue weighted by molar-refractivity contribution is -0.115. The topological polar surface area (TPSA) is 59.9 Å². The van der Waals surface area contributed by atoms with Crippen LogP contribution in [0.5, 0.6) is 11.5 Å². The van der Waals surface area contributed by atoms with Gasteiger partial charge in [-0.05, 0) is 84.3 Å². The van der Waals surface area contributed by atoms with Gasteiger partial charge in [-0.2, -0.15) is 0 Å². The van der Waals surface area contributed by atoms with Crippen LogP contribution in [0.15, 0.2) is 77.1 Å². The number of amides is 1. The highest BCUT2D eigenvalue weighted by Crippen LogP contribution is 2.37. The normalized spacial score (nSPS) is 15.3. The number of hydrogen-bond acceptors (Lipinski definition) is 5. The molecule has 8 heteroatoms. The predicted molar refractivity (Wildman–Crippen MR) is 150 cm³/mol. The van der Waals surface area contributed by atoms with E-state index in [0.29, 0.717) is 50.3 Å². The van der Waals surface area contributed by atoms with Crippen molar-refractivity contribution in [2.75, 3.05) is 7.11 Å². The Morgan fingerprint density at radius 3 is 2.64 bits per heavy atom. The average molecular weight is 539 g/mol. The first-order chi connectivity index (χ1) is 17.4. The minimum absolute atomic E-state index is 0.217. The van der Waals surface area contributed by atoms with Gasteiger partial charge in [0, 0.05) is 15.6 Å². The summed E-state index contributed by atoms with van der Waals surface area (Å²) in [5.74, 6) is 0.990. The quantitative estimate of drug-likeness (QED) is 0.238. The summed E-state index contributed by atoms with van der Waals surface area (Å²) >= 11 is 13.5. The van der Waals surface area contributed by atoms with Crippen molar-refractivity contribution in [2.24, 2.45) is 4.99 Å². The van der Waals surface area contributed by atoms with Gasteiger partial charge in [-0.3, -0.25) is 4.79 Å². The molecule has 0 spiro atoms. The standard InChI is InChI=1S/C28H24Cl2N2O3S/c1-4-6-20-13-19(14-24(34-3)26(20)35-16-18-9-11-21(29)12-10-18)15-25-27(33)32-28(36-25)31-23-8-5-7-22(30)17(23)2/h4-5,7-15H,1,6,16H2,2-3H3,(H,31,32,33)/b25-15+. The van der Waals surface area contributed by atoms with Crippen LogP contribution in [0.4, 0.5) is 5.69 Å². The largest absolute Gasteiger partial charge is 0.493 e.